The first kappa shape index (κ1) is 82.1. The molecular formula is C65H126O17P2. The number of esters is 4. The van der Waals surface area contributed by atoms with Gasteiger partial charge in [0.1, 0.15) is 19.3 Å². The van der Waals surface area contributed by atoms with Gasteiger partial charge in [0.2, 0.25) is 0 Å². The number of hydrogen-bond donors (Lipinski definition) is 3. The third-order valence-electron chi connectivity index (χ3n) is 15.5. The van der Waals surface area contributed by atoms with Crippen molar-refractivity contribution in [1.29, 1.82) is 0 Å². The van der Waals surface area contributed by atoms with Crippen LogP contribution in [0.25, 0.3) is 0 Å². The molecule has 0 aromatic rings. The number of carbonyl (C=O) groups is 4. The third-order valence-corrected chi connectivity index (χ3v) is 17.4. The number of carbonyl (C=O) groups excluding carboxylic acids is 4. The zero-order valence-corrected chi connectivity index (χ0v) is 56.3. The quantitative estimate of drug-likeness (QED) is 0.0222. The topological polar surface area (TPSA) is 237 Å². The highest BCUT2D eigenvalue weighted by atomic mass is 31.2. The van der Waals surface area contributed by atoms with Gasteiger partial charge in [-0.1, -0.05) is 261 Å². The van der Waals surface area contributed by atoms with Crippen molar-refractivity contribution < 1.29 is 80.2 Å². The summed E-state index contributed by atoms with van der Waals surface area (Å²) in [6.45, 7) is 14.0. The van der Waals surface area contributed by atoms with Crippen LogP contribution in [0.2, 0.25) is 0 Å². The van der Waals surface area contributed by atoms with E-state index in [1.54, 1.807) is 0 Å². The summed E-state index contributed by atoms with van der Waals surface area (Å²) in [5.41, 5.74) is 0. The molecule has 17 nitrogen and oxygen atoms in total. The van der Waals surface area contributed by atoms with Crippen molar-refractivity contribution in [1.82, 2.24) is 0 Å². The van der Waals surface area contributed by atoms with E-state index >= 15 is 0 Å². The summed E-state index contributed by atoms with van der Waals surface area (Å²) in [6.07, 6.45) is 34.9. The molecule has 0 aliphatic carbocycles. The average Bonchev–Trinajstić information content (AvgIpc) is 3.47. The van der Waals surface area contributed by atoms with Crippen LogP contribution in [0.5, 0.6) is 0 Å². The fraction of sp³-hybridized carbons (Fsp3) is 0.938. The minimum Gasteiger partial charge on any atom is -0.462 e. The Labute approximate surface area is 511 Å². The lowest BCUT2D eigenvalue weighted by atomic mass is 10.00. The summed E-state index contributed by atoms with van der Waals surface area (Å²) in [7, 11) is -9.89. The number of phosphoric acid groups is 2. The Kier molecular flexibility index (Phi) is 53.9. The molecule has 0 heterocycles. The van der Waals surface area contributed by atoms with Crippen molar-refractivity contribution in [3.05, 3.63) is 0 Å². The third kappa shape index (κ3) is 56.6. The van der Waals surface area contributed by atoms with Gasteiger partial charge in [-0.25, -0.2) is 9.13 Å². The number of phosphoric ester groups is 2. The largest absolute Gasteiger partial charge is 0.472 e. The Hall–Kier alpha value is -1.94. The van der Waals surface area contributed by atoms with Crippen LogP contribution < -0.4 is 0 Å². The molecule has 0 bridgehead atoms. The van der Waals surface area contributed by atoms with E-state index < -0.39 is 97.5 Å². The maximum Gasteiger partial charge on any atom is 0.472 e. The Balaban J connectivity index is 5.26. The summed E-state index contributed by atoms with van der Waals surface area (Å²) in [6, 6.07) is 0. The smallest absolute Gasteiger partial charge is 0.462 e. The van der Waals surface area contributed by atoms with Gasteiger partial charge >= 0.3 is 39.5 Å². The van der Waals surface area contributed by atoms with Gasteiger partial charge in [-0.15, -0.1) is 0 Å². The molecule has 0 aliphatic heterocycles. The summed E-state index contributed by atoms with van der Waals surface area (Å²) in [5, 5.41) is 10.5. The lowest BCUT2D eigenvalue weighted by Crippen LogP contribution is -2.30. The van der Waals surface area contributed by atoms with Crippen LogP contribution in [0.4, 0.5) is 0 Å². The first-order valence-electron chi connectivity index (χ1n) is 33.8. The van der Waals surface area contributed by atoms with Crippen LogP contribution in [-0.2, 0) is 65.4 Å². The van der Waals surface area contributed by atoms with Crippen molar-refractivity contribution >= 4 is 39.5 Å². The fourth-order valence-electron chi connectivity index (χ4n) is 9.54. The van der Waals surface area contributed by atoms with E-state index in [2.05, 4.69) is 55.4 Å². The molecule has 0 radical (unpaired) electrons. The molecule has 84 heavy (non-hydrogen) atoms. The molecule has 0 saturated carbocycles. The van der Waals surface area contributed by atoms with E-state index in [1.165, 1.54) is 109 Å². The fourth-order valence-corrected chi connectivity index (χ4v) is 11.1. The standard InChI is InChI=1S/C65H126O17P2/c1-9-57(7)43-35-27-21-23-30-38-46-63(68)76-52-60(81-64(69)47-39-31-20-16-12-14-18-26-34-42-56(5)6)53-79-83(71,72)77-49-59(66)50-78-84(73,74)80-54-61(82-65(70)48-40-32-24-22-28-36-44-58(8)10-2)51-75-62(67)45-37-29-19-15-11-13-17-25-33-41-55(3)4/h55-61,66H,9-54H2,1-8H3,(H,71,72)(H,73,74)/t57?,58?,59-,60+,61+/m0/s1. The number of aliphatic hydroxyl groups is 1. The summed E-state index contributed by atoms with van der Waals surface area (Å²) in [4.78, 5) is 72.3. The maximum absolute atomic E-state index is 13.0. The van der Waals surface area contributed by atoms with Crippen LogP contribution in [0, 0.1) is 23.7 Å². The van der Waals surface area contributed by atoms with Gasteiger partial charge in [-0.05, 0) is 49.4 Å². The van der Waals surface area contributed by atoms with Gasteiger partial charge in [0.15, 0.2) is 12.2 Å². The molecule has 3 N–H and O–H groups in total. The molecule has 0 fully saturated rings. The van der Waals surface area contributed by atoms with E-state index in [0.29, 0.717) is 25.7 Å². The minimum atomic E-state index is -4.95. The molecule has 0 saturated heterocycles. The highest BCUT2D eigenvalue weighted by Gasteiger charge is 2.30. The predicted octanol–water partition coefficient (Wildman–Crippen LogP) is 17.8. The second-order valence-corrected chi connectivity index (χ2v) is 27.8. The van der Waals surface area contributed by atoms with Crippen LogP contribution in [0.3, 0.4) is 0 Å². The lowest BCUT2D eigenvalue weighted by Gasteiger charge is -2.21. The van der Waals surface area contributed by atoms with E-state index in [4.69, 9.17) is 37.0 Å². The van der Waals surface area contributed by atoms with Crippen LogP contribution in [0.15, 0.2) is 0 Å². The van der Waals surface area contributed by atoms with Gasteiger partial charge in [-0.2, -0.15) is 0 Å². The normalized spacial score (nSPS) is 15.1. The highest BCUT2D eigenvalue weighted by Crippen LogP contribution is 2.45. The lowest BCUT2D eigenvalue weighted by molar-refractivity contribution is -0.161. The highest BCUT2D eigenvalue weighted by molar-refractivity contribution is 7.47. The first-order chi connectivity index (χ1) is 40.2. The van der Waals surface area contributed by atoms with Gasteiger partial charge in [0.05, 0.1) is 26.4 Å². The van der Waals surface area contributed by atoms with Crippen LogP contribution in [-0.4, -0.2) is 96.7 Å². The summed E-state index contributed by atoms with van der Waals surface area (Å²) < 4.78 is 68.0. The number of ether oxygens (including phenoxy) is 4. The number of aliphatic hydroxyl groups excluding tert-OH is 1. The first-order valence-corrected chi connectivity index (χ1v) is 36.8. The zero-order chi connectivity index (χ0) is 62.5. The van der Waals surface area contributed by atoms with Crippen molar-refractivity contribution in [2.24, 2.45) is 23.7 Å². The Morgan fingerprint density at radius 1 is 0.333 bits per heavy atom. The van der Waals surface area contributed by atoms with E-state index in [-0.39, 0.29) is 25.7 Å². The van der Waals surface area contributed by atoms with Crippen molar-refractivity contribution in [2.75, 3.05) is 39.6 Å². The zero-order valence-electron chi connectivity index (χ0n) is 54.5. The Bertz CT molecular complexity index is 1680. The monoisotopic (exact) mass is 1240 g/mol. The molecule has 0 aromatic carbocycles. The van der Waals surface area contributed by atoms with E-state index in [1.807, 2.05) is 0 Å². The summed E-state index contributed by atoms with van der Waals surface area (Å²) in [5.74, 6) is 0.791. The van der Waals surface area contributed by atoms with Crippen molar-refractivity contribution in [3.63, 3.8) is 0 Å². The van der Waals surface area contributed by atoms with Crippen LogP contribution in [0.1, 0.15) is 312 Å². The molecule has 4 unspecified atom stereocenters. The molecule has 0 rings (SSSR count). The van der Waals surface area contributed by atoms with Crippen molar-refractivity contribution in [3.8, 4) is 0 Å². The minimum absolute atomic E-state index is 0.102. The Morgan fingerprint density at radius 2 is 0.571 bits per heavy atom. The number of unbranched alkanes of at least 4 members (excludes halogenated alkanes) is 26. The molecule has 0 aliphatic rings. The van der Waals surface area contributed by atoms with E-state index in [0.717, 1.165) is 120 Å². The van der Waals surface area contributed by atoms with Crippen molar-refractivity contribution in [2.45, 2.75) is 331 Å². The second kappa shape index (κ2) is 55.2. The molecule has 498 valence electrons. The Morgan fingerprint density at radius 3 is 0.845 bits per heavy atom. The maximum atomic E-state index is 13.0. The molecule has 7 atom stereocenters. The predicted molar refractivity (Wildman–Crippen MR) is 335 cm³/mol. The SMILES string of the molecule is CCC(C)CCCCCCCCC(=O)OC[C@H](COP(=O)(O)OC[C@H](O)COP(=O)(O)OC[C@@H](COC(=O)CCCCCCCCCCCC(C)C)OC(=O)CCCCCCCCC(C)CC)OC(=O)CCCCCCCCCCCC(C)C. The second-order valence-electron chi connectivity index (χ2n) is 24.9. The molecular weight excluding hydrogens is 1110 g/mol. The molecule has 0 spiro atoms. The molecule has 0 aromatic heterocycles. The van der Waals surface area contributed by atoms with Gasteiger partial charge in [-0.3, -0.25) is 37.3 Å². The molecule has 19 heteroatoms. The number of rotatable bonds is 62. The average molecular weight is 1240 g/mol. The van der Waals surface area contributed by atoms with Gasteiger partial charge in [0, 0.05) is 25.7 Å². The van der Waals surface area contributed by atoms with Crippen LogP contribution >= 0.6 is 15.6 Å². The number of hydrogen-bond acceptors (Lipinski definition) is 15. The van der Waals surface area contributed by atoms with Gasteiger partial charge < -0.3 is 33.8 Å². The summed E-state index contributed by atoms with van der Waals surface area (Å²) >= 11 is 0. The van der Waals surface area contributed by atoms with Gasteiger partial charge in [0.25, 0.3) is 0 Å². The molecule has 0 amide bonds. The van der Waals surface area contributed by atoms with E-state index in [9.17, 15) is 43.2 Å².